The molecule has 0 aliphatic carbocycles. The fourth-order valence-electron chi connectivity index (χ4n) is 3.87. The number of carbonyl (C=O) groups excluding carboxylic acids is 1. The lowest BCUT2D eigenvalue weighted by molar-refractivity contribution is -0.139. The lowest BCUT2D eigenvalue weighted by Gasteiger charge is -2.39. The number of hydrogen-bond donors (Lipinski definition) is 1. The third-order valence-electron chi connectivity index (χ3n) is 5.76. The summed E-state index contributed by atoms with van der Waals surface area (Å²) in [6.45, 7) is 4.08. The number of rotatable bonds is 10. The van der Waals surface area contributed by atoms with Crippen LogP contribution in [0.5, 0.6) is 5.75 Å². The predicted molar refractivity (Wildman–Crippen MR) is 113 cm³/mol. The minimum absolute atomic E-state index is 0.00684. The fourth-order valence-corrected chi connectivity index (χ4v) is 3.87. The molecule has 1 heterocycles. The van der Waals surface area contributed by atoms with Crippen molar-refractivity contribution in [1.29, 1.82) is 0 Å². The van der Waals surface area contributed by atoms with Gasteiger partial charge in [-0.2, -0.15) is 0 Å². The number of aliphatic carboxylic acids is 1. The Bertz CT molecular complexity index is 663. The van der Waals surface area contributed by atoms with Crippen molar-refractivity contribution in [3.8, 4) is 5.75 Å². The Labute approximate surface area is 174 Å². The summed E-state index contributed by atoms with van der Waals surface area (Å²) in [6, 6.07) is 7.16. The second-order valence-electron chi connectivity index (χ2n) is 8.28. The minimum Gasteiger partial charge on any atom is -0.497 e. The van der Waals surface area contributed by atoms with E-state index in [1.807, 2.05) is 4.90 Å². The van der Waals surface area contributed by atoms with Crippen LogP contribution in [0.25, 0.3) is 0 Å². The number of methoxy groups -OCH3 is 1. The number of likely N-dealkylation sites (tertiary alicyclic amines) is 1. The first-order chi connectivity index (χ1) is 13.8. The van der Waals surface area contributed by atoms with Gasteiger partial charge in [-0.25, -0.2) is 0 Å². The van der Waals surface area contributed by atoms with E-state index in [0.717, 1.165) is 38.2 Å². The Hall–Kier alpha value is -2.12. The van der Waals surface area contributed by atoms with Crippen LogP contribution in [0.1, 0.15) is 29.6 Å². The largest absolute Gasteiger partial charge is 0.497 e. The molecule has 29 heavy (non-hydrogen) atoms. The lowest BCUT2D eigenvalue weighted by atomic mass is 9.81. The van der Waals surface area contributed by atoms with E-state index < -0.39 is 5.97 Å². The van der Waals surface area contributed by atoms with E-state index in [0.29, 0.717) is 18.7 Å². The van der Waals surface area contributed by atoms with E-state index in [1.54, 1.807) is 31.4 Å². The number of nitrogens with zero attached hydrogens (tertiary/aromatic N) is 3. The average Bonchev–Trinajstić information content (AvgIpc) is 2.70. The standard InChI is InChI=1S/C22H35N3O4/c1-23(2)13-14-24(3)11-9-19-16-25(12-10-18(19)15-21(26)27)22(28)17-5-7-20(29-4)8-6-17/h5-8,18-19H,9-16H2,1-4H3,(H,26,27)/t18-,19+/m0/s1. The third kappa shape index (κ3) is 7.33. The van der Waals surface area contributed by atoms with Crippen molar-refractivity contribution >= 4 is 11.9 Å². The van der Waals surface area contributed by atoms with Crippen LogP contribution < -0.4 is 4.74 Å². The fraction of sp³-hybridized carbons (Fsp3) is 0.636. The molecule has 1 aromatic rings. The smallest absolute Gasteiger partial charge is 0.303 e. The van der Waals surface area contributed by atoms with Crippen LogP contribution in [0.15, 0.2) is 24.3 Å². The molecule has 1 aromatic carbocycles. The van der Waals surface area contributed by atoms with Crippen molar-refractivity contribution in [3.05, 3.63) is 29.8 Å². The molecule has 0 bridgehead atoms. The summed E-state index contributed by atoms with van der Waals surface area (Å²) < 4.78 is 5.16. The summed E-state index contributed by atoms with van der Waals surface area (Å²) in [5.74, 6) is 0.294. The first kappa shape index (κ1) is 23.2. The summed E-state index contributed by atoms with van der Waals surface area (Å²) >= 11 is 0. The van der Waals surface area contributed by atoms with Crippen molar-refractivity contribution in [2.24, 2.45) is 11.8 Å². The van der Waals surface area contributed by atoms with Crippen molar-refractivity contribution in [1.82, 2.24) is 14.7 Å². The Morgan fingerprint density at radius 1 is 1.10 bits per heavy atom. The number of amides is 1. The molecule has 2 rings (SSSR count). The van der Waals surface area contributed by atoms with E-state index in [4.69, 9.17) is 4.74 Å². The Kier molecular flexibility index (Phi) is 8.92. The van der Waals surface area contributed by atoms with Gasteiger partial charge in [0.25, 0.3) is 5.91 Å². The Morgan fingerprint density at radius 2 is 1.79 bits per heavy atom. The van der Waals surface area contributed by atoms with E-state index in [9.17, 15) is 14.7 Å². The molecule has 2 atom stereocenters. The van der Waals surface area contributed by atoms with E-state index in [2.05, 4.69) is 30.9 Å². The minimum atomic E-state index is -0.754. The number of benzene rings is 1. The van der Waals surface area contributed by atoms with Crippen LogP contribution in [0.3, 0.4) is 0 Å². The summed E-state index contributed by atoms with van der Waals surface area (Å²) in [4.78, 5) is 30.6. The molecule has 162 valence electrons. The number of hydrogen-bond acceptors (Lipinski definition) is 5. The van der Waals surface area contributed by atoms with Crippen molar-refractivity contribution < 1.29 is 19.4 Å². The summed E-state index contributed by atoms with van der Waals surface area (Å²) in [6.07, 6.45) is 1.81. The number of carbonyl (C=O) groups is 2. The van der Waals surface area contributed by atoms with Gasteiger partial charge in [-0.05, 0) is 76.6 Å². The molecular formula is C22H35N3O4. The summed E-state index contributed by atoms with van der Waals surface area (Å²) in [5, 5.41) is 9.30. The molecule has 1 saturated heterocycles. The van der Waals surface area contributed by atoms with Crippen LogP contribution in [0, 0.1) is 11.8 Å². The third-order valence-corrected chi connectivity index (χ3v) is 5.76. The predicted octanol–water partition coefficient (Wildman–Crippen LogP) is 2.13. The van der Waals surface area contributed by atoms with Crippen molar-refractivity contribution in [2.45, 2.75) is 19.3 Å². The average molecular weight is 406 g/mol. The number of ether oxygens (including phenoxy) is 1. The van der Waals surface area contributed by atoms with Crippen molar-refractivity contribution in [3.63, 3.8) is 0 Å². The second-order valence-corrected chi connectivity index (χ2v) is 8.28. The highest BCUT2D eigenvalue weighted by Crippen LogP contribution is 2.30. The molecular weight excluding hydrogens is 370 g/mol. The topological polar surface area (TPSA) is 73.3 Å². The molecule has 1 aliphatic heterocycles. The first-order valence-electron chi connectivity index (χ1n) is 10.3. The van der Waals surface area contributed by atoms with E-state index in [1.165, 1.54) is 0 Å². The van der Waals surface area contributed by atoms with Gasteiger partial charge in [-0.15, -0.1) is 0 Å². The Balaban J connectivity index is 2.00. The highest BCUT2D eigenvalue weighted by molar-refractivity contribution is 5.94. The molecule has 7 nitrogen and oxygen atoms in total. The zero-order valence-electron chi connectivity index (χ0n) is 18.1. The maximum absolute atomic E-state index is 12.9. The summed E-state index contributed by atoms with van der Waals surface area (Å²) in [7, 11) is 7.81. The molecule has 1 N–H and O–H groups in total. The van der Waals surface area contributed by atoms with Gasteiger partial charge >= 0.3 is 5.97 Å². The molecule has 1 fully saturated rings. The van der Waals surface area contributed by atoms with Gasteiger partial charge in [0, 0.05) is 38.2 Å². The number of carboxylic acids is 1. The van der Waals surface area contributed by atoms with Gasteiger partial charge in [0.1, 0.15) is 5.75 Å². The maximum atomic E-state index is 12.9. The van der Waals surface area contributed by atoms with Crippen LogP contribution >= 0.6 is 0 Å². The zero-order valence-corrected chi connectivity index (χ0v) is 18.1. The number of likely N-dealkylation sites (N-methyl/N-ethyl adjacent to an activating group) is 2. The highest BCUT2D eigenvalue weighted by atomic mass is 16.5. The molecule has 1 amide bonds. The van der Waals surface area contributed by atoms with Gasteiger partial charge in [-0.3, -0.25) is 9.59 Å². The molecule has 0 saturated carbocycles. The quantitative estimate of drug-likeness (QED) is 0.643. The monoisotopic (exact) mass is 405 g/mol. The first-order valence-corrected chi connectivity index (χ1v) is 10.3. The Morgan fingerprint density at radius 3 is 2.38 bits per heavy atom. The molecule has 1 aliphatic rings. The van der Waals surface area contributed by atoms with Crippen molar-refractivity contribution in [2.75, 3.05) is 61.0 Å². The van der Waals surface area contributed by atoms with Crippen LogP contribution in [0.4, 0.5) is 0 Å². The van der Waals surface area contributed by atoms with Gasteiger partial charge in [0.05, 0.1) is 7.11 Å². The van der Waals surface area contributed by atoms with Crippen LogP contribution in [-0.2, 0) is 4.79 Å². The number of carboxylic acid groups (broad SMARTS) is 1. The second kappa shape index (κ2) is 11.2. The van der Waals surface area contributed by atoms with E-state index >= 15 is 0 Å². The van der Waals surface area contributed by atoms with Gasteiger partial charge in [-0.1, -0.05) is 0 Å². The van der Waals surface area contributed by atoms with Gasteiger partial charge in [0.15, 0.2) is 0 Å². The summed E-state index contributed by atoms with van der Waals surface area (Å²) in [5.41, 5.74) is 0.643. The molecule has 0 unspecified atom stereocenters. The molecule has 0 aromatic heterocycles. The zero-order chi connectivity index (χ0) is 21.4. The van der Waals surface area contributed by atoms with Gasteiger partial charge < -0.3 is 24.5 Å². The lowest BCUT2D eigenvalue weighted by Crippen LogP contribution is -2.45. The molecule has 0 radical (unpaired) electrons. The normalized spacial score (nSPS) is 19.6. The maximum Gasteiger partial charge on any atom is 0.303 e. The van der Waals surface area contributed by atoms with Crippen LogP contribution in [-0.4, -0.2) is 92.7 Å². The molecule has 7 heteroatoms. The number of piperidine rings is 1. The molecule has 0 spiro atoms. The van der Waals surface area contributed by atoms with E-state index in [-0.39, 0.29) is 24.2 Å². The van der Waals surface area contributed by atoms with Crippen LogP contribution in [0.2, 0.25) is 0 Å². The highest BCUT2D eigenvalue weighted by Gasteiger charge is 2.33. The SMILES string of the molecule is COc1ccc(C(=O)N2CC[C@@H](CC(=O)O)[C@H](CCN(C)CCN(C)C)C2)cc1. The van der Waals surface area contributed by atoms with Gasteiger partial charge in [0.2, 0.25) is 0 Å².